The molecular weight excluding hydrogens is 350 g/mol. The highest BCUT2D eigenvalue weighted by Crippen LogP contribution is 2.32. The molecule has 1 heterocycles. The van der Waals surface area contributed by atoms with Gasteiger partial charge in [0, 0.05) is 11.1 Å². The molecule has 4 rings (SSSR count). The van der Waals surface area contributed by atoms with Crippen LogP contribution in [0.3, 0.4) is 0 Å². The molecule has 4 aromatic rings. The zero-order valence-electron chi connectivity index (χ0n) is 13.8. The van der Waals surface area contributed by atoms with Gasteiger partial charge in [-0.15, -0.1) is 15.0 Å². The smallest absolute Gasteiger partial charge is 0.125 e. The number of fused-ring (bicyclic) bond motifs is 1. The van der Waals surface area contributed by atoms with E-state index in [1.54, 1.807) is 18.2 Å². The summed E-state index contributed by atoms with van der Waals surface area (Å²) in [5.41, 5.74) is 3.93. The minimum Gasteiger partial charge on any atom is -0.744 e. The lowest BCUT2D eigenvalue weighted by atomic mass is 10.0. The quantitative estimate of drug-likeness (QED) is 0.521. The van der Waals surface area contributed by atoms with Gasteiger partial charge in [0.2, 0.25) is 0 Å². The van der Waals surface area contributed by atoms with E-state index in [0.29, 0.717) is 16.8 Å². The van der Waals surface area contributed by atoms with Crippen LogP contribution in [0.1, 0.15) is 5.56 Å². The van der Waals surface area contributed by atoms with Crippen molar-refractivity contribution in [2.45, 2.75) is 11.8 Å². The fourth-order valence-electron chi connectivity index (χ4n) is 2.91. The molecule has 0 unspecified atom stereocenters. The van der Waals surface area contributed by atoms with Gasteiger partial charge in [0.25, 0.3) is 0 Å². The Balaban J connectivity index is 2.01. The van der Waals surface area contributed by atoms with Crippen LogP contribution in [-0.2, 0) is 10.1 Å². The molecule has 0 atom stereocenters. The molecular formula is C19H14N3O3S-. The molecule has 0 aliphatic heterocycles. The first-order valence-electron chi connectivity index (χ1n) is 7.92. The van der Waals surface area contributed by atoms with Crippen LogP contribution in [0.2, 0.25) is 0 Å². The Morgan fingerprint density at radius 3 is 2.12 bits per heavy atom. The summed E-state index contributed by atoms with van der Waals surface area (Å²) in [5, 5.41) is 8.96. The van der Waals surface area contributed by atoms with Gasteiger partial charge in [-0.2, -0.15) is 0 Å². The number of hydrogen-bond donors (Lipinski definition) is 0. The number of rotatable bonds is 3. The van der Waals surface area contributed by atoms with Crippen molar-refractivity contribution in [1.82, 2.24) is 15.0 Å². The highest BCUT2D eigenvalue weighted by atomic mass is 32.2. The minimum absolute atomic E-state index is 0.262. The van der Waals surface area contributed by atoms with Gasteiger partial charge in [-0.25, -0.2) is 8.42 Å². The van der Waals surface area contributed by atoms with Crippen LogP contribution in [-0.4, -0.2) is 28.0 Å². The normalized spacial score (nSPS) is 11.8. The van der Waals surface area contributed by atoms with Crippen LogP contribution >= 0.6 is 0 Å². The van der Waals surface area contributed by atoms with Crippen molar-refractivity contribution < 1.29 is 13.0 Å². The van der Waals surface area contributed by atoms with Gasteiger partial charge in [0.05, 0.1) is 10.6 Å². The Morgan fingerprint density at radius 2 is 1.46 bits per heavy atom. The Labute approximate surface area is 150 Å². The highest BCUT2D eigenvalue weighted by Gasteiger charge is 2.16. The number of nitrogens with zero attached hydrogens (tertiary/aromatic N) is 3. The van der Waals surface area contributed by atoms with Gasteiger partial charge in [-0.1, -0.05) is 42.5 Å². The van der Waals surface area contributed by atoms with Crippen LogP contribution < -0.4 is 0 Å². The summed E-state index contributed by atoms with van der Waals surface area (Å²) >= 11 is 0. The monoisotopic (exact) mass is 364 g/mol. The topological polar surface area (TPSA) is 87.9 Å². The second-order valence-corrected chi connectivity index (χ2v) is 7.30. The number of aryl methyl sites for hydroxylation is 1. The molecule has 6 nitrogen and oxygen atoms in total. The Morgan fingerprint density at radius 1 is 0.846 bits per heavy atom. The van der Waals surface area contributed by atoms with Crippen LogP contribution in [0.5, 0.6) is 0 Å². The summed E-state index contributed by atoms with van der Waals surface area (Å²) in [6.07, 6.45) is 0. The van der Waals surface area contributed by atoms with Crippen molar-refractivity contribution in [2.75, 3.05) is 0 Å². The van der Waals surface area contributed by atoms with E-state index >= 15 is 0 Å². The molecule has 0 radical (unpaired) electrons. The molecule has 7 heteroatoms. The molecule has 0 saturated heterocycles. The van der Waals surface area contributed by atoms with Gasteiger partial charge in [-0.3, -0.25) is 0 Å². The summed E-state index contributed by atoms with van der Waals surface area (Å²) in [6, 6.07) is 19.1. The molecule has 0 N–H and O–H groups in total. The van der Waals surface area contributed by atoms with Crippen molar-refractivity contribution in [2.24, 2.45) is 0 Å². The first-order chi connectivity index (χ1) is 12.4. The first-order valence-corrected chi connectivity index (χ1v) is 9.33. The lowest BCUT2D eigenvalue weighted by Crippen LogP contribution is -2.05. The second kappa shape index (κ2) is 6.05. The predicted molar refractivity (Wildman–Crippen MR) is 97.0 cm³/mol. The molecule has 130 valence electrons. The average Bonchev–Trinajstić information content (AvgIpc) is 3.05. The largest absolute Gasteiger partial charge is 0.744 e. The molecule has 1 aromatic heterocycles. The van der Waals surface area contributed by atoms with Gasteiger partial charge in [0.15, 0.2) is 0 Å². The summed E-state index contributed by atoms with van der Waals surface area (Å²) < 4.78 is 35.1. The Hall–Kier alpha value is -3.03. The number of hydrogen-bond acceptors (Lipinski definition) is 5. The fraction of sp³-hybridized carbons (Fsp3) is 0.0526. The number of aromatic nitrogens is 3. The van der Waals surface area contributed by atoms with Crippen molar-refractivity contribution >= 4 is 21.2 Å². The van der Waals surface area contributed by atoms with Gasteiger partial charge in [0.1, 0.15) is 21.2 Å². The number of benzene rings is 3. The molecule has 0 aliphatic carbocycles. The van der Waals surface area contributed by atoms with Crippen molar-refractivity contribution in [3.05, 3.63) is 72.3 Å². The zero-order valence-corrected chi connectivity index (χ0v) is 14.6. The van der Waals surface area contributed by atoms with E-state index in [-0.39, 0.29) is 4.90 Å². The van der Waals surface area contributed by atoms with E-state index in [1.165, 1.54) is 16.9 Å². The average molecular weight is 364 g/mol. The fourth-order valence-corrected chi connectivity index (χ4v) is 3.60. The van der Waals surface area contributed by atoms with Crippen LogP contribution in [0.15, 0.2) is 71.6 Å². The van der Waals surface area contributed by atoms with Crippen molar-refractivity contribution in [3.8, 4) is 16.8 Å². The molecule has 0 spiro atoms. The summed E-state index contributed by atoms with van der Waals surface area (Å²) in [7, 11) is -4.62. The van der Waals surface area contributed by atoms with Crippen LogP contribution in [0.4, 0.5) is 0 Å². The van der Waals surface area contributed by atoms with Crippen LogP contribution in [0.25, 0.3) is 27.8 Å². The van der Waals surface area contributed by atoms with Gasteiger partial charge in [-0.05, 0) is 36.8 Å². The zero-order chi connectivity index (χ0) is 18.3. The predicted octanol–water partition coefficient (Wildman–Crippen LogP) is 3.30. The van der Waals surface area contributed by atoms with Gasteiger partial charge >= 0.3 is 0 Å². The van der Waals surface area contributed by atoms with Crippen LogP contribution in [0, 0.1) is 6.92 Å². The van der Waals surface area contributed by atoms with E-state index in [0.717, 1.165) is 16.6 Å². The molecule has 0 bridgehead atoms. The van der Waals surface area contributed by atoms with Gasteiger partial charge < -0.3 is 4.55 Å². The molecule has 26 heavy (non-hydrogen) atoms. The molecule has 0 aliphatic rings. The summed E-state index contributed by atoms with van der Waals surface area (Å²) in [5.74, 6) is 0. The first kappa shape index (κ1) is 16.4. The molecule has 0 saturated carbocycles. The van der Waals surface area contributed by atoms with E-state index in [9.17, 15) is 13.0 Å². The van der Waals surface area contributed by atoms with E-state index in [2.05, 4.69) is 10.2 Å². The SMILES string of the molecule is Cc1ccc(-c2ccccc2S(=O)(=O)[O-])c(-n2nc3ccccc3n2)c1. The summed E-state index contributed by atoms with van der Waals surface area (Å²) in [4.78, 5) is 1.21. The molecule has 0 fully saturated rings. The highest BCUT2D eigenvalue weighted by molar-refractivity contribution is 7.85. The van der Waals surface area contributed by atoms with E-state index in [4.69, 9.17) is 0 Å². The lowest BCUT2D eigenvalue weighted by molar-refractivity contribution is 0.463. The second-order valence-electron chi connectivity index (χ2n) is 5.95. The minimum atomic E-state index is -4.62. The maximum absolute atomic E-state index is 11.7. The standard InChI is InChI=1S/C19H15N3O3S/c1-13-10-11-14(15-6-2-5-9-19(15)26(23,24)25)18(12-13)22-20-16-7-3-4-8-17(16)21-22/h2-12H,1H3,(H,23,24,25)/p-1. The third kappa shape index (κ3) is 2.87. The van der Waals surface area contributed by atoms with Crippen molar-refractivity contribution in [1.29, 1.82) is 0 Å². The maximum Gasteiger partial charge on any atom is 0.125 e. The third-order valence-corrected chi connectivity index (χ3v) is 5.00. The van der Waals surface area contributed by atoms with E-state index in [1.807, 2.05) is 43.3 Å². The summed E-state index contributed by atoms with van der Waals surface area (Å²) in [6.45, 7) is 1.92. The Kier molecular flexibility index (Phi) is 3.82. The van der Waals surface area contributed by atoms with E-state index < -0.39 is 10.1 Å². The third-order valence-electron chi connectivity index (χ3n) is 4.10. The Bertz CT molecular complexity index is 1200. The molecule has 0 amide bonds. The molecule has 3 aromatic carbocycles. The lowest BCUT2D eigenvalue weighted by Gasteiger charge is -2.16. The maximum atomic E-state index is 11.7. The van der Waals surface area contributed by atoms with Crippen molar-refractivity contribution in [3.63, 3.8) is 0 Å².